The highest BCUT2D eigenvalue weighted by Crippen LogP contribution is 2.61. The van der Waals surface area contributed by atoms with E-state index >= 15 is 0 Å². The summed E-state index contributed by atoms with van der Waals surface area (Å²) in [5, 5.41) is 2.91. The molecule has 0 aromatic carbocycles. The predicted molar refractivity (Wildman–Crippen MR) is 308 cm³/mol. The maximum Gasteiger partial charge on any atom is 0.347 e. The molecule has 1 amide bonds. The monoisotopic (exact) mass is 1050 g/mol. The number of cyclic esters (lactones) is 1. The molecular formula is C60H121NO10S. The topological polar surface area (TPSA) is 151 Å². The lowest BCUT2D eigenvalue weighted by Gasteiger charge is -2.60. The summed E-state index contributed by atoms with van der Waals surface area (Å²) in [5.74, 6) is 3.21. The van der Waals surface area contributed by atoms with Crippen molar-refractivity contribution in [3.05, 3.63) is 0 Å². The molecule has 5 saturated carbocycles. The first-order valence-electron chi connectivity index (χ1n) is 25.1. The molecule has 2 aliphatic heterocycles. The van der Waals surface area contributed by atoms with E-state index in [1.54, 1.807) is 13.8 Å². The molecule has 4 bridgehead atoms. The van der Waals surface area contributed by atoms with Gasteiger partial charge in [0, 0.05) is 17.6 Å². The molecule has 432 valence electrons. The van der Waals surface area contributed by atoms with Crippen LogP contribution in [0.5, 0.6) is 0 Å². The number of hydrogen-bond acceptors (Lipinski definition) is 11. The summed E-state index contributed by atoms with van der Waals surface area (Å²) in [6.45, 7) is 28.1. The zero-order valence-corrected chi connectivity index (χ0v) is 43.4. The zero-order valence-electron chi connectivity index (χ0n) is 42.6. The largest absolute Gasteiger partial charge is 0.463 e. The average Bonchev–Trinajstić information content (AvgIpc) is 3.88. The Morgan fingerprint density at radius 2 is 1.01 bits per heavy atom. The predicted octanol–water partition coefficient (Wildman–Crippen LogP) is 16.6. The van der Waals surface area contributed by atoms with Crippen LogP contribution in [0.2, 0.25) is 0 Å². The molecule has 5 aliphatic carbocycles. The first-order valence-corrected chi connectivity index (χ1v) is 26.1. The number of hydrogen-bond donors (Lipinski definition) is 1. The van der Waals surface area contributed by atoms with E-state index in [0.717, 1.165) is 69.0 Å². The number of thioether (sulfide) groups is 1. The lowest BCUT2D eigenvalue weighted by molar-refractivity contribution is -0.218. The Balaban J connectivity index is -0.000000197. The maximum atomic E-state index is 12.6. The molecule has 2 atom stereocenters. The van der Waals surface area contributed by atoms with E-state index in [1.165, 1.54) is 63.1 Å². The van der Waals surface area contributed by atoms with Crippen molar-refractivity contribution in [3.8, 4) is 0 Å². The summed E-state index contributed by atoms with van der Waals surface area (Å²) in [4.78, 5) is 70.3. The van der Waals surface area contributed by atoms with E-state index in [9.17, 15) is 28.8 Å². The van der Waals surface area contributed by atoms with Crippen LogP contribution in [-0.4, -0.2) is 70.6 Å². The lowest BCUT2D eigenvalue weighted by atomic mass is 9.49. The number of rotatable bonds is 14. The molecule has 7 aliphatic rings. The van der Waals surface area contributed by atoms with Crippen LogP contribution < -0.4 is 5.32 Å². The van der Waals surface area contributed by atoms with Crippen molar-refractivity contribution in [1.82, 2.24) is 5.32 Å². The van der Waals surface area contributed by atoms with Gasteiger partial charge in [0.25, 0.3) is 0 Å². The number of nitrogens with one attached hydrogen (secondary N) is 1. The van der Waals surface area contributed by atoms with Crippen LogP contribution >= 0.6 is 11.8 Å². The van der Waals surface area contributed by atoms with E-state index in [4.69, 9.17) is 18.9 Å². The molecule has 7 rings (SSSR count). The fraction of sp³-hybridized carbons (Fsp3) is 0.900. The summed E-state index contributed by atoms with van der Waals surface area (Å²) < 4.78 is 21.9. The van der Waals surface area contributed by atoms with Gasteiger partial charge in [-0.2, -0.15) is 0 Å². The number of esters is 4. The molecule has 1 N–H and O–H groups in total. The van der Waals surface area contributed by atoms with Gasteiger partial charge in [-0.15, -0.1) is 0 Å². The minimum atomic E-state index is -0.687. The second kappa shape index (κ2) is 34.1. The first-order chi connectivity index (χ1) is 29.8. The van der Waals surface area contributed by atoms with Gasteiger partial charge in [0.05, 0.1) is 28.9 Å². The summed E-state index contributed by atoms with van der Waals surface area (Å²) in [6.07, 6.45) is 18.2. The quantitative estimate of drug-likeness (QED) is 0.131. The van der Waals surface area contributed by atoms with Gasteiger partial charge in [-0.25, -0.2) is 4.79 Å². The van der Waals surface area contributed by atoms with Gasteiger partial charge in [-0.3, -0.25) is 24.0 Å². The molecule has 72 heavy (non-hydrogen) atoms. The summed E-state index contributed by atoms with van der Waals surface area (Å²) in [7, 11) is 0. The van der Waals surface area contributed by atoms with Crippen LogP contribution in [0.25, 0.3) is 0 Å². The minimum Gasteiger partial charge on any atom is -0.463 e. The highest BCUT2D eigenvalue weighted by molar-refractivity contribution is 8.14. The van der Waals surface area contributed by atoms with Crippen LogP contribution in [0.3, 0.4) is 0 Å². The Morgan fingerprint density at radius 1 is 0.583 bits per heavy atom. The summed E-state index contributed by atoms with van der Waals surface area (Å²) in [5.41, 5.74) is -1.84. The molecule has 12 heteroatoms. The number of carbonyl (C=O) groups excluding carboxylic acids is 6. The Bertz CT molecular complexity index is 1520. The fourth-order valence-electron chi connectivity index (χ4n) is 9.61. The van der Waals surface area contributed by atoms with Crippen molar-refractivity contribution in [2.45, 2.75) is 295 Å². The molecule has 2 unspecified atom stereocenters. The van der Waals surface area contributed by atoms with E-state index in [1.807, 2.05) is 62.3 Å². The van der Waals surface area contributed by atoms with Crippen LogP contribution in [0, 0.1) is 45.3 Å². The summed E-state index contributed by atoms with van der Waals surface area (Å²) in [6, 6.07) is -0.252. The standard InChI is InChI=1S/C18H30O2.C14H26O2.C10H17NO2S.C10H16O4.8CH4/c1-5-17(3,4)16(19)20-18(6-2)14-8-12-7-13(10-14)11-15(18)9-12;1-5-13(3,4)12(15)16-14(6-2)10-8-7-9-11-14;1-4-10(2,3)9(13)11-7-5-6-14-8(7)12;1-4-10(2,3)9(12)14-7-5-6-13-8(7)11;;;;;;;;/h12-15H,5-11H2,1-4H3;5-11H2,1-4H3;7H,4-6H2,1-3H3,(H,11,13);7H,4-6H2,1-3H3;8*1H4. The second-order valence-corrected chi connectivity index (χ2v) is 23.4. The van der Waals surface area contributed by atoms with Crippen LogP contribution in [0.1, 0.15) is 272 Å². The van der Waals surface area contributed by atoms with Crippen LogP contribution in [0.4, 0.5) is 0 Å². The Kier molecular flexibility index (Phi) is 38.3. The van der Waals surface area contributed by atoms with Crippen molar-refractivity contribution < 1.29 is 47.7 Å². The molecule has 0 spiro atoms. The Morgan fingerprint density at radius 3 is 1.38 bits per heavy atom. The average molecular weight is 1050 g/mol. The van der Waals surface area contributed by atoms with E-state index in [0.29, 0.717) is 31.3 Å². The minimum absolute atomic E-state index is 0. The molecule has 11 nitrogen and oxygen atoms in total. The van der Waals surface area contributed by atoms with Gasteiger partial charge in [0.1, 0.15) is 11.2 Å². The van der Waals surface area contributed by atoms with Gasteiger partial charge in [-0.1, -0.05) is 133 Å². The van der Waals surface area contributed by atoms with Crippen molar-refractivity contribution in [1.29, 1.82) is 0 Å². The summed E-state index contributed by atoms with van der Waals surface area (Å²) >= 11 is 1.31. The molecule has 2 heterocycles. The smallest absolute Gasteiger partial charge is 0.347 e. The Labute approximate surface area is 450 Å². The zero-order chi connectivity index (χ0) is 48.3. The van der Waals surface area contributed by atoms with Gasteiger partial charge in [-0.05, 0) is 168 Å². The third-order valence-electron chi connectivity index (χ3n) is 16.3. The highest BCUT2D eigenvalue weighted by Gasteiger charge is 2.59. The van der Waals surface area contributed by atoms with E-state index in [-0.39, 0.29) is 122 Å². The van der Waals surface area contributed by atoms with Gasteiger partial charge >= 0.3 is 23.9 Å². The normalized spacial score (nSPS) is 25.1. The SMILES string of the molecule is C.C.C.C.C.C.C.C.CCC(C)(C)C(=O)NC1CCSC1=O.CCC(C)(C)C(=O)OC1(CC)C2CC3CC(C2)CC1C3.CCC(C)(C)C(=O)OC1CCOC1=O.CCC1(OC(=O)C(C)(C)CC)CCCCC1. The van der Waals surface area contributed by atoms with Gasteiger partial charge in [0.15, 0.2) is 0 Å². The molecular weight excluding hydrogens is 927 g/mol. The molecule has 7 fully saturated rings. The van der Waals surface area contributed by atoms with Crippen molar-refractivity contribution >= 4 is 46.7 Å². The van der Waals surface area contributed by atoms with Crippen molar-refractivity contribution in [2.24, 2.45) is 45.3 Å². The third kappa shape index (κ3) is 20.8. The van der Waals surface area contributed by atoms with Crippen molar-refractivity contribution in [3.63, 3.8) is 0 Å². The second-order valence-electron chi connectivity index (χ2n) is 22.3. The molecule has 2 saturated heterocycles. The maximum absolute atomic E-state index is 12.6. The first kappa shape index (κ1) is 80.7. The Hall–Kier alpha value is -2.63. The molecule has 0 aromatic rings. The van der Waals surface area contributed by atoms with Gasteiger partial charge in [0.2, 0.25) is 17.1 Å². The number of ether oxygens (including phenoxy) is 4. The number of carbonyl (C=O) groups is 6. The van der Waals surface area contributed by atoms with E-state index in [2.05, 4.69) is 26.1 Å². The highest BCUT2D eigenvalue weighted by atomic mass is 32.2. The van der Waals surface area contributed by atoms with Gasteiger partial charge < -0.3 is 24.3 Å². The van der Waals surface area contributed by atoms with Crippen molar-refractivity contribution in [2.75, 3.05) is 12.4 Å². The molecule has 0 aromatic heterocycles. The third-order valence-corrected chi connectivity index (χ3v) is 17.3. The molecule has 0 radical (unpaired) electrons. The fourth-order valence-corrected chi connectivity index (χ4v) is 10.5. The van der Waals surface area contributed by atoms with Crippen LogP contribution in [-0.2, 0) is 47.7 Å². The van der Waals surface area contributed by atoms with Crippen LogP contribution in [0.15, 0.2) is 0 Å². The lowest BCUT2D eigenvalue weighted by Crippen LogP contribution is -2.60. The number of amides is 1. The van der Waals surface area contributed by atoms with E-state index < -0.39 is 17.5 Å².